The summed E-state index contributed by atoms with van der Waals surface area (Å²) in [5, 5.41) is 6.79. The molecular weight excluding hydrogens is 308 g/mol. The summed E-state index contributed by atoms with van der Waals surface area (Å²) >= 11 is 5.33. The number of esters is 1. The molecule has 0 aliphatic rings. The molecule has 0 atom stereocenters. The highest BCUT2D eigenvalue weighted by Gasteiger charge is 2.07. The fourth-order valence-corrected chi connectivity index (χ4v) is 2.30. The van der Waals surface area contributed by atoms with E-state index in [9.17, 15) is 4.79 Å². The van der Waals surface area contributed by atoms with E-state index >= 15 is 0 Å². The van der Waals surface area contributed by atoms with Gasteiger partial charge in [-0.15, -0.1) is 0 Å². The summed E-state index contributed by atoms with van der Waals surface area (Å²) in [5.41, 5.74) is 4.67. The van der Waals surface area contributed by atoms with Crippen molar-refractivity contribution in [2.75, 3.05) is 17.2 Å². The highest BCUT2D eigenvalue weighted by atomic mass is 32.1. The van der Waals surface area contributed by atoms with Gasteiger partial charge in [-0.05, 0) is 74.4 Å². The van der Waals surface area contributed by atoms with Gasteiger partial charge in [0.1, 0.15) is 0 Å². The number of benzene rings is 2. The largest absolute Gasteiger partial charge is 0.462 e. The van der Waals surface area contributed by atoms with Gasteiger partial charge < -0.3 is 15.4 Å². The summed E-state index contributed by atoms with van der Waals surface area (Å²) in [7, 11) is 0. The molecule has 2 aromatic rings. The van der Waals surface area contributed by atoms with Crippen molar-refractivity contribution < 1.29 is 9.53 Å². The Morgan fingerprint density at radius 3 is 2.43 bits per heavy atom. The van der Waals surface area contributed by atoms with E-state index in [1.807, 2.05) is 12.1 Å². The standard InChI is InChI=1S/C18H20N2O2S/c1-4-22-17(21)14-8-10-15(11-9-14)19-18(23)20-16-7-5-6-12(2)13(16)3/h5-11H,4H2,1-3H3,(H2,19,20,23). The fourth-order valence-electron chi connectivity index (χ4n) is 2.08. The van der Waals surface area contributed by atoms with Crippen LogP contribution in [0.15, 0.2) is 42.5 Å². The van der Waals surface area contributed by atoms with Crippen LogP contribution in [0.25, 0.3) is 0 Å². The Bertz CT molecular complexity index is 711. The lowest BCUT2D eigenvalue weighted by molar-refractivity contribution is 0.0526. The lowest BCUT2D eigenvalue weighted by Gasteiger charge is -2.14. The van der Waals surface area contributed by atoms with E-state index in [4.69, 9.17) is 17.0 Å². The average Bonchev–Trinajstić information content (AvgIpc) is 2.53. The maximum Gasteiger partial charge on any atom is 0.338 e. The second-order valence-corrected chi connectivity index (χ2v) is 5.53. The van der Waals surface area contributed by atoms with Gasteiger partial charge in [-0.3, -0.25) is 0 Å². The molecule has 0 aromatic heterocycles. The number of aryl methyl sites for hydroxylation is 1. The number of carbonyl (C=O) groups is 1. The number of nitrogens with one attached hydrogen (secondary N) is 2. The minimum Gasteiger partial charge on any atom is -0.462 e. The Balaban J connectivity index is 2.00. The third kappa shape index (κ3) is 4.53. The van der Waals surface area contributed by atoms with Gasteiger partial charge in [0.2, 0.25) is 0 Å². The van der Waals surface area contributed by atoms with Crippen LogP contribution in [-0.2, 0) is 4.74 Å². The summed E-state index contributed by atoms with van der Waals surface area (Å²) in [4.78, 5) is 11.6. The van der Waals surface area contributed by atoms with E-state index in [2.05, 4.69) is 30.5 Å². The summed E-state index contributed by atoms with van der Waals surface area (Å²) in [6, 6.07) is 13.0. The minimum absolute atomic E-state index is 0.324. The van der Waals surface area contributed by atoms with Gasteiger partial charge in [-0.1, -0.05) is 12.1 Å². The van der Waals surface area contributed by atoms with E-state index in [-0.39, 0.29) is 5.97 Å². The van der Waals surface area contributed by atoms with Crippen molar-refractivity contribution in [1.82, 2.24) is 0 Å². The SMILES string of the molecule is CCOC(=O)c1ccc(NC(=S)Nc2cccc(C)c2C)cc1. The van der Waals surface area contributed by atoms with Crippen LogP contribution in [0.2, 0.25) is 0 Å². The molecule has 0 unspecified atom stereocenters. The smallest absolute Gasteiger partial charge is 0.338 e. The number of thiocarbonyl (C=S) groups is 1. The van der Waals surface area contributed by atoms with Crippen molar-refractivity contribution in [3.8, 4) is 0 Å². The molecule has 0 fully saturated rings. The number of hydrogen-bond acceptors (Lipinski definition) is 3. The van der Waals surface area contributed by atoms with Crippen LogP contribution < -0.4 is 10.6 Å². The molecule has 0 bridgehead atoms. The first-order valence-corrected chi connectivity index (χ1v) is 7.83. The molecule has 0 radical (unpaired) electrons. The van der Waals surface area contributed by atoms with Gasteiger partial charge in [0, 0.05) is 11.4 Å². The number of rotatable bonds is 4. The molecule has 0 saturated carbocycles. The van der Waals surface area contributed by atoms with Crippen LogP contribution in [0.1, 0.15) is 28.4 Å². The third-order valence-corrected chi connectivity index (χ3v) is 3.71. The van der Waals surface area contributed by atoms with E-state index < -0.39 is 0 Å². The van der Waals surface area contributed by atoms with Crippen molar-refractivity contribution in [2.24, 2.45) is 0 Å². The first-order chi connectivity index (χ1) is 11.0. The summed E-state index contributed by atoms with van der Waals surface area (Å²) in [6.45, 7) is 6.26. The first kappa shape index (κ1) is 17.0. The number of ether oxygens (including phenoxy) is 1. The Labute approximate surface area is 141 Å². The van der Waals surface area contributed by atoms with Gasteiger partial charge in [0.15, 0.2) is 5.11 Å². The highest BCUT2D eigenvalue weighted by Crippen LogP contribution is 2.18. The van der Waals surface area contributed by atoms with Crippen molar-refractivity contribution >= 4 is 34.7 Å². The Kier molecular flexibility index (Phi) is 5.71. The van der Waals surface area contributed by atoms with Crippen LogP contribution in [0.5, 0.6) is 0 Å². The van der Waals surface area contributed by atoms with E-state index in [1.165, 1.54) is 5.56 Å². The van der Waals surface area contributed by atoms with Crippen molar-refractivity contribution in [3.05, 3.63) is 59.2 Å². The molecular formula is C18H20N2O2S. The predicted octanol–water partition coefficient (Wildman–Crippen LogP) is 4.29. The summed E-state index contributed by atoms with van der Waals surface area (Å²) in [6.07, 6.45) is 0. The van der Waals surface area contributed by atoms with E-state index in [0.717, 1.165) is 16.9 Å². The van der Waals surface area contributed by atoms with E-state index in [0.29, 0.717) is 17.3 Å². The zero-order valence-corrected chi connectivity index (χ0v) is 14.3. The molecule has 0 amide bonds. The quantitative estimate of drug-likeness (QED) is 0.648. The van der Waals surface area contributed by atoms with Crippen molar-refractivity contribution in [1.29, 1.82) is 0 Å². The van der Waals surface area contributed by atoms with Gasteiger partial charge in [0.25, 0.3) is 0 Å². The lowest BCUT2D eigenvalue weighted by Crippen LogP contribution is -2.19. The van der Waals surface area contributed by atoms with Gasteiger partial charge >= 0.3 is 5.97 Å². The number of carbonyl (C=O) groups excluding carboxylic acids is 1. The highest BCUT2D eigenvalue weighted by molar-refractivity contribution is 7.80. The number of anilines is 2. The summed E-state index contributed by atoms with van der Waals surface area (Å²) < 4.78 is 4.95. The van der Waals surface area contributed by atoms with Gasteiger partial charge in [-0.25, -0.2) is 4.79 Å². The van der Waals surface area contributed by atoms with Gasteiger partial charge in [0.05, 0.1) is 12.2 Å². The monoisotopic (exact) mass is 328 g/mol. The second kappa shape index (κ2) is 7.74. The molecule has 0 spiro atoms. The molecule has 0 saturated heterocycles. The molecule has 0 aliphatic heterocycles. The third-order valence-electron chi connectivity index (χ3n) is 3.51. The van der Waals surface area contributed by atoms with Crippen LogP contribution in [-0.4, -0.2) is 17.7 Å². The van der Waals surface area contributed by atoms with E-state index in [1.54, 1.807) is 31.2 Å². The Hall–Kier alpha value is -2.40. The summed E-state index contributed by atoms with van der Waals surface area (Å²) in [5.74, 6) is -0.324. The maximum atomic E-state index is 11.6. The maximum absolute atomic E-state index is 11.6. The topological polar surface area (TPSA) is 50.4 Å². The van der Waals surface area contributed by atoms with Crippen LogP contribution in [0.3, 0.4) is 0 Å². The second-order valence-electron chi connectivity index (χ2n) is 5.12. The molecule has 23 heavy (non-hydrogen) atoms. The molecule has 2 rings (SSSR count). The normalized spacial score (nSPS) is 10.0. The average molecular weight is 328 g/mol. The molecule has 0 aliphatic carbocycles. The molecule has 0 heterocycles. The molecule has 2 aromatic carbocycles. The van der Waals surface area contributed by atoms with Gasteiger partial charge in [-0.2, -0.15) is 0 Å². The molecule has 120 valence electrons. The lowest BCUT2D eigenvalue weighted by atomic mass is 10.1. The fraction of sp³-hybridized carbons (Fsp3) is 0.222. The number of hydrogen-bond donors (Lipinski definition) is 2. The Morgan fingerprint density at radius 2 is 1.78 bits per heavy atom. The van der Waals surface area contributed by atoms with Crippen LogP contribution in [0, 0.1) is 13.8 Å². The van der Waals surface area contributed by atoms with Crippen molar-refractivity contribution in [2.45, 2.75) is 20.8 Å². The van der Waals surface area contributed by atoms with Crippen LogP contribution >= 0.6 is 12.2 Å². The van der Waals surface area contributed by atoms with Crippen LogP contribution in [0.4, 0.5) is 11.4 Å². The predicted molar refractivity (Wildman–Crippen MR) is 98.2 cm³/mol. The Morgan fingerprint density at radius 1 is 1.09 bits per heavy atom. The zero-order chi connectivity index (χ0) is 16.8. The zero-order valence-electron chi connectivity index (χ0n) is 13.5. The first-order valence-electron chi connectivity index (χ1n) is 7.42. The minimum atomic E-state index is -0.324. The van der Waals surface area contributed by atoms with Crippen molar-refractivity contribution in [3.63, 3.8) is 0 Å². The molecule has 4 nitrogen and oxygen atoms in total. The molecule has 2 N–H and O–H groups in total. The molecule has 5 heteroatoms.